The Morgan fingerprint density at radius 1 is 1.04 bits per heavy atom. The van der Waals surface area contributed by atoms with Crippen molar-refractivity contribution in [3.05, 3.63) is 72.6 Å². The van der Waals surface area contributed by atoms with E-state index >= 15 is 0 Å². The third-order valence-corrected chi connectivity index (χ3v) is 9.19. The fraction of sp³-hybridized carbons (Fsp3) is 0.250. The number of hydrogen-bond acceptors (Lipinski definition) is 2. The van der Waals surface area contributed by atoms with Crippen molar-refractivity contribution in [1.82, 2.24) is 0 Å². The summed E-state index contributed by atoms with van der Waals surface area (Å²) < 4.78 is 19.7. The zero-order valence-corrected chi connectivity index (χ0v) is 15.7. The molecule has 2 aromatic rings. The van der Waals surface area contributed by atoms with Gasteiger partial charge in [-0.15, -0.1) is 0 Å². The Morgan fingerprint density at radius 2 is 1.48 bits per heavy atom. The van der Waals surface area contributed by atoms with Crippen molar-refractivity contribution in [2.75, 3.05) is 6.61 Å². The molecule has 5 heteroatoms. The van der Waals surface area contributed by atoms with Crippen LogP contribution >= 0.6 is 0 Å². The molecule has 0 unspecified atom stereocenters. The summed E-state index contributed by atoms with van der Waals surface area (Å²) in [5.41, 5.74) is 0. The number of halogens is 1. The van der Waals surface area contributed by atoms with Crippen molar-refractivity contribution in [2.24, 2.45) is 0 Å². The van der Waals surface area contributed by atoms with Gasteiger partial charge in [-0.2, -0.15) is 4.39 Å². The van der Waals surface area contributed by atoms with E-state index in [0.717, 1.165) is 16.4 Å². The molecule has 0 fully saturated rings. The van der Waals surface area contributed by atoms with Crippen LogP contribution in [0.1, 0.15) is 20.8 Å². The number of aliphatic carboxylic acids is 1. The number of benzene rings is 2. The normalized spacial score (nSPS) is 12.9. The van der Waals surface area contributed by atoms with Crippen molar-refractivity contribution in [3.8, 4) is 0 Å². The van der Waals surface area contributed by atoms with E-state index in [0.29, 0.717) is 0 Å². The fourth-order valence-electron chi connectivity index (χ4n) is 3.09. The predicted molar refractivity (Wildman–Crippen MR) is 100 cm³/mol. The van der Waals surface area contributed by atoms with Gasteiger partial charge in [-0.1, -0.05) is 81.4 Å². The number of carboxylic acid groups (broad SMARTS) is 1. The highest BCUT2D eigenvalue weighted by Crippen LogP contribution is 2.36. The van der Waals surface area contributed by atoms with E-state index in [2.05, 4.69) is 20.8 Å². The standard InChI is InChI=1S/C20H23FO3Si/c1-20(2,3)25(16-10-6-4-7-11-16,17-12-8-5-9-13-17)24-15-14-18(21)19(22)23/h4-14H,15H2,1-3H3,(H,22,23)/b18-14-. The summed E-state index contributed by atoms with van der Waals surface area (Å²) in [5, 5.41) is 10.6. The lowest BCUT2D eigenvalue weighted by molar-refractivity contribution is -0.134. The molecule has 0 bridgehead atoms. The fourth-order valence-corrected chi connectivity index (χ4v) is 7.58. The first-order valence-electron chi connectivity index (χ1n) is 8.13. The van der Waals surface area contributed by atoms with Gasteiger partial charge in [0.1, 0.15) is 0 Å². The van der Waals surface area contributed by atoms with E-state index in [-0.39, 0.29) is 11.6 Å². The molecule has 0 spiro atoms. The first-order chi connectivity index (χ1) is 11.8. The molecule has 0 saturated carbocycles. The molecule has 0 aromatic heterocycles. The Kier molecular flexibility index (Phi) is 5.92. The van der Waals surface area contributed by atoms with Crippen LogP contribution in [0.3, 0.4) is 0 Å². The van der Waals surface area contributed by atoms with Gasteiger partial charge < -0.3 is 9.53 Å². The van der Waals surface area contributed by atoms with Gasteiger partial charge in [0.2, 0.25) is 5.83 Å². The minimum absolute atomic E-state index is 0.0919. The highest BCUT2D eigenvalue weighted by atomic mass is 28.4. The van der Waals surface area contributed by atoms with Crippen LogP contribution in [-0.2, 0) is 9.22 Å². The number of carbonyl (C=O) groups is 1. The molecular weight excluding hydrogens is 335 g/mol. The van der Waals surface area contributed by atoms with Gasteiger partial charge in [0, 0.05) is 0 Å². The van der Waals surface area contributed by atoms with Crippen molar-refractivity contribution in [1.29, 1.82) is 0 Å². The SMILES string of the molecule is CC(C)(C)[Si](OC/C=C(\F)C(=O)O)(c1ccccc1)c1ccccc1. The van der Waals surface area contributed by atoms with E-state index in [9.17, 15) is 9.18 Å². The molecular formula is C20H23FO3Si. The summed E-state index contributed by atoms with van der Waals surface area (Å²) in [5.74, 6) is -2.77. The van der Waals surface area contributed by atoms with Crippen LogP contribution in [0, 0.1) is 0 Å². The smallest absolute Gasteiger partial charge is 0.364 e. The van der Waals surface area contributed by atoms with Crippen molar-refractivity contribution in [2.45, 2.75) is 25.8 Å². The molecule has 0 radical (unpaired) electrons. The van der Waals surface area contributed by atoms with E-state index in [1.807, 2.05) is 60.7 Å². The third-order valence-electron chi connectivity index (χ3n) is 4.18. The second-order valence-electron chi connectivity index (χ2n) is 6.83. The molecule has 2 rings (SSSR count). The van der Waals surface area contributed by atoms with Gasteiger partial charge in [0.05, 0.1) is 6.61 Å². The predicted octanol–water partition coefficient (Wildman–Crippen LogP) is 3.50. The molecule has 2 aromatic carbocycles. The monoisotopic (exact) mass is 358 g/mol. The van der Waals surface area contributed by atoms with Crippen LogP contribution in [0.4, 0.5) is 4.39 Å². The summed E-state index contributed by atoms with van der Waals surface area (Å²) in [4.78, 5) is 10.7. The van der Waals surface area contributed by atoms with Gasteiger partial charge in [0.15, 0.2) is 0 Å². The first-order valence-corrected chi connectivity index (χ1v) is 10.0. The molecule has 0 atom stereocenters. The Balaban J connectivity index is 2.57. The molecule has 0 heterocycles. The van der Waals surface area contributed by atoms with E-state index in [4.69, 9.17) is 9.53 Å². The molecule has 3 nitrogen and oxygen atoms in total. The summed E-state index contributed by atoms with van der Waals surface area (Å²) in [6, 6.07) is 19.9. The Bertz CT molecular complexity index is 697. The maximum absolute atomic E-state index is 13.4. The molecule has 0 aliphatic heterocycles. The second kappa shape index (κ2) is 7.76. The molecule has 1 N–H and O–H groups in total. The van der Waals surface area contributed by atoms with Crippen LogP contribution < -0.4 is 10.4 Å². The van der Waals surface area contributed by atoms with Gasteiger partial charge >= 0.3 is 5.97 Å². The summed E-state index contributed by atoms with van der Waals surface area (Å²) in [7, 11) is -2.76. The lowest BCUT2D eigenvalue weighted by atomic mass is 10.2. The maximum Gasteiger partial charge on any atom is 0.364 e. The van der Waals surface area contributed by atoms with Crippen LogP contribution in [0.15, 0.2) is 72.6 Å². The highest BCUT2D eigenvalue weighted by Gasteiger charge is 2.49. The quantitative estimate of drug-likeness (QED) is 0.635. The first kappa shape index (κ1) is 19.1. The average molecular weight is 358 g/mol. The van der Waals surface area contributed by atoms with E-state index in [1.54, 1.807) is 0 Å². The summed E-state index contributed by atoms with van der Waals surface area (Å²) >= 11 is 0. The number of hydrogen-bond donors (Lipinski definition) is 1. The maximum atomic E-state index is 13.4. The van der Waals surface area contributed by atoms with Crippen LogP contribution in [0.5, 0.6) is 0 Å². The van der Waals surface area contributed by atoms with Gasteiger partial charge in [0.25, 0.3) is 8.32 Å². The molecule has 0 amide bonds. The second-order valence-corrected chi connectivity index (χ2v) is 11.1. The molecule has 0 saturated heterocycles. The number of carboxylic acids is 1. The summed E-state index contributed by atoms with van der Waals surface area (Å²) in [6.45, 7) is 6.23. The molecule has 25 heavy (non-hydrogen) atoms. The van der Waals surface area contributed by atoms with Gasteiger partial charge in [-0.05, 0) is 21.5 Å². The molecule has 0 aliphatic rings. The van der Waals surface area contributed by atoms with Gasteiger partial charge in [-0.25, -0.2) is 4.79 Å². The summed E-state index contributed by atoms with van der Waals surface area (Å²) in [6.07, 6.45) is 0.988. The number of rotatable bonds is 6. The lowest BCUT2D eigenvalue weighted by Crippen LogP contribution is -2.66. The molecule has 0 aliphatic carbocycles. The van der Waals surface area contributed by atoms with Crippen molar-refractivity contribution >= 4 is 24.7 Å². The zero-order valence-electron chi connectivity index (χ0n) is 14.7. The molecule has 132 valence electrons. The topological polar surface area (TPSA) is 46.5 Å². The minimum Gasteiger partial charge on any atom is -0.476 e. The Labute approximate surface area is 148 Å². The van der Waals surface area contributed by atoms with E-state index < -0.39 is 20.1 Å². The van der Waals surface area contributed by atoms with Crippen molar-refractivity contribution < 1.29 is 18.7 Å². The van der Waals surface area contributed by atoms with Crippen LogP contribution in [0.2, 0.25) is 5.04 Å². The Morgan fingerprint density at radius 3 is 1.84 bits per heavy atom. The minimum atomic E-state index is -2.76. The lowest BCUT2D eigenvalue weighted by Gasteiger charge is -2.42. The van der Waals surface area contributed by atoms with Gasteiger partial charge in [-0.3, -0.25) is 0 Å². The third kappa shape index (κ3) is 4.06. The van der Waals surface area contributed by atoms with E-state index in [1.165, 1.54) is 0 Å². The van der Waals surface area contributed by atoms with Crippen LogP contribution in [0.25, 0.3) is 0 Å². The average Bonchev–Trinajstić information content (AvgIpc) is 2.59. The van der Waals surface area contributed by atoms with Crippen molar-refractivity contribution in [3.63, 3.8) is 0 Å². The highest BCUT2D eigenvalue weighted by molar-refractivity contribution is 6.99. The Hall–Kier alpha value is -2.24. The zero-order chi connectivity index (χ0) is 18.5. The van der Waals surface area contributed by atoms with Crippen LogP contribution in [-0.4, -0.2) is 26.0 Å². The largest absolute Gasteiger partial charge is 0.476 e.